The van der Waals surface area contributed by atoms with Gasteiger partial charge in [-0.25, -0.2) is 0 Å². The maximum atomic E-state index is 13.0. The lowest BCUT2D eigenvalue weighted by Gasteiger charge is -2.41. The summed E-state index contributed by atoms with van der Waals surface area (Å²) in [4.78, 5) is 6.90. The molecule has 7 nitrogen and oxygen atoms in total. The zero-order valence-electron chi connectivity index (χ0n) is 22.0. The number of nitriles is 1. The molecular formula is C32H33N3O4. The van der Waals surface area contributed by atoms with Crippen molar-refractivity contribution in [1.29, 1.82) is 5.26 Å². The molecule has 4 heterocycles. The number of piperidine rings is 1. The smallest absolute Gasteiger partial charge is 0.177 e. The largest absolute Gasteiger partial charge is 0.495 e. The number of ether oxygens (including phenoxy) is 2. The number of aliphatic hydroxyl groups is 2. The van der Waals surface area contributed by atoms with E-state index < -0.39 is 17.3 Å². The average molecular weight is 524 g/mol. The molecule has 3 aliphatic heterocycles. The van der Waals surface area contributed by atoms with Crippen molar-refractivity contribution >= 4 is 0 Å². The first-order valence-electron chi connectivity index (χ1n) is 14.0. The summed E-state index contributed by atoms with van der Waals surface area (Å²) in [6.45, 7) is 0.669. The Morgan fingerprint density at radius 1 is 1.05 bits per heavy atom. The molecule has 2 saturated heterocycles. The van der Waals surface area contributed by atoms with Gasteiger partial charge in [0.1, 0.15) is 11.5 Å². The van der Waals surface area contributed by atoms with E-state index in [4.69, 9.17) is 9.47 Å². The summed E-state index contributed by atoms with van der Waals surface area (Å²) >= 11 is 0. The van der Waals surface area contributed by atoms with Crippen molar-refractivity contribution in [2.24, 2.45) is 5.92 Å². The molecule has 200 valence electrons. The van der Waals surface area contributed by atoms with Crippen LogP contribution in [-0.2, 0) is 11.2 Å². The van der Waals surface area contributed by atoms with E-state index in [1.165, 1.54) is 32.1 Å². The molecule has 2 bridgehead atoms. The highest BCUT2D eigenvalue weighted by molar-refractivity contribution is 5.59. The van der Waals surface area contributed by atoms with E-state index in [2.05, 4.69) is 28.1 Å². The quantitative estimate of drug-likeness (QED) is 0.516. The lowest BCUT2D eigenvalue weighted by Crippen LogP contribution is -2.52. The van der Waals surface area contributed by atoms with E-state index in [1.54, 1.807) is 31.6 Å². The molecule has 3 aromatic rings. The van der Waals surface area contributed by atoms with Crippen molar-refractivity contribution in [2.45, 2.75) is 67.4 Å². The van der Waals surface area contributed by atoms with Crippen molar-refractivity contribution in [3.8, 4) is 17.6 Å². The van der Waals surface area contributed by atoms with Gasteiger partial charge in [-0.3, -0.25) is 9.88 Å². The van der Waals surface area contributed by atoms with Gasteiger partial charge < -0.3 is 19.7 Å². The van der Waals surface area contributed by atoms with Crippen LogP contribution in [0.1, 0.15) is 60.3 Å². The first-order valence-corrected chi connectivity index (χ1v) is 14.0. The molecule has 7 rings (SSSR count). The second-order valence-corrected chi connectivity index (χ2v) is 11.5. The van der Waals surface area contributed by atoms with Crippen LogP contribution in [0.2, 0.25) is 0 Å². The third kappa shape index (κ3) is 3.29. The van der Waals surface area contributed by atoms with E-state index in [0.717, 1.165) is 5.56 Å². The van der Waals surface area contributed by atoms with Crippen molar-refractivity contribution in [3.05, 3.63) is 89.2 Å². The predicted molar refractivity (Wildman–Crippen MR) is 144 cm³/mol. The lowest BCUT2D eigenvalue weighted by molar-refractivity contribution is -0.152. The fraction of sp³-hybridized carbons (Fsp3) is 0.438. The second kappa shape index (κ2) is 9.06. The van der Waals surface area contributed by atoms with Gasteiger partial charge >= 0.3 is 0 Å². The van der Waals surface area contributed by atoms with Crippen molar-refractivity contribution in [1.82, 2.24) is 9.88 Å². The number of benzene rings is 2. The molecule has 0 radical (unpaired) electrons. The maximum Gasteiger partial charge on any atom is 0.177 e. The Bertz CT molecular complexity index is 1410. The van der Waals surface area contributed by atoms with Gasteiger partial charge in [-0.15, -0.1) is 0 Å². The van der Waals surface area contributed by atoms with Gasteiger partial charge in [0.25, 0.3) is 0 Å². The summed E-state index contributed by atoms with van der Waals surface area (Å²) in [7, 11) is 1.54. The number of aromatic nitrogens is 1. The topological polar surface area (TPSA) is 98.8 Å². The predicted octanol–water partition coefficient (Wildman–Crippen LogP) is 4.23. The number of methoxy groups -OCH3 is 1. The monoisotopic (exact) mass is 523 g/mol. The number of nitrogens with zero attached hydrogens (tertiary/aromatic N) is 3. The molecule has 2 N–H and O–H groups in total. The first kappa shape index (κ1) is 24.6. The molecule has 39 heavy (non-hydrogen) atoms. The molecule has 2 aromatic carbocycles. The number of hydrogen-bond donors (Lipinski definition) is 2. The first-order chi connectivity index (χ1) is 19.0. The zero-order chi connectivity index (χ0) is 26.8. The van der Waals surface area contributed by atoms with E-state index in [0.29, 0.717) is 46.8 Å². The lowest BCUT2D eigenvalue weighted by atomic mass is 9.70. The van der Waals surface area contributed by atoms with E-state index in [1.807, 2.05) is 30.3 Å². The van der Waals surface area contributed by atoms with Gasteiger partial charge in [0, 0.05) is 30.5 Å². The van der Waals surface area contributed by atoms with Crippen molar-refractivity contribution in [3.63, 3.8) is 0 Å². The van der Waals surface area contributed by atoms with Gasteiger partial charge in [-0.2, -0.15) is 5.26 Å². The summed E-state index contributed by atoms with van der Waals surface area (Å²) < 4.78 is 12.6. The van der Waals surface area contributed by atoms with Crippen LogP contribution in [-0.4, -0.2) is 51.9 Å². The minimum atomic E-state index is -1.81. The summed E-state index contributed by atoms with van der Waals surface area (Å²) in [5, 5.41) is 34.9. The van der Waals surface area contributed by atoms with Gasteiger partial charge in [-0.05, 0) is 48.9 Å². The molecule has 7 heteroatoms. The molecule has 1 aliphatic carbocycles. The maximum absolute atomic E-state index is 13.0. The third-order valence-corrected chi connectivity index (χ3v) is 9.88. The fourth-order valence-corrected chi connectivity index (χ4v) is 8.29. The Morgan fingerprint density at radius 2 is 1.77 bits per heavy atom. The van der Waals surface area contributed by atoms with Crippen LogP contribution < -0.4 is 9.47 Å². The summed E-state index contributed by atoms with van der Waals surface area (Å²) in [6.07, 6.45) is 8.00. The zero-order valence-corrected chi connectivity index (χ0v) is 22.0. The molecule has 1 aromatic heterocycles. The van der Waals surface area contributed by atoms with Crippen LogP contribution in [0.25, 0.3) is 0 Å². The Labute approximate surface area is 228 Å². The molecule has 4 aliphatic rings. The highest BCUT2D eigenvalue weighted by Crippen LogP contribution is 2.69. The second-order valence-electron chi connectivity index (χ2n) is 11.5. The molecule has 3 fully saturated rings. The average Bonchev–Trinajstić information content (AvgIpc) is 3.44. The fourth-order valence-electron chi connectivity index (χ4n) is 8.29. The van der Waals surface area contributed by atoms with Crippen LogP contribution in [0.3, 0.4) is 0 Å². The van der Waals surface area contributed by atoms with Crippen LogP contribution in [0.4, 0.5) is 0 Å². The summed E-state index contributed by atoms with van der Waals surface area (Å²) in [5.74, 6) is 0.0816. The Hall–Kier alpha value is -3.44. The third-order valence-electron chi connectivity index (χ3n) is 9.88. The number of fused-ring (bicyclic) bond motifs is 5. The van der Waals surface area contributed by atoms with Gasteiger partial charge in [0.15, 0.2) is 11.2 Å². The van der Waals surface area contributed by atoms with Crippen LogP contribution in [0.5, 0.6) is 11.5 Å². The Balaban J connectivity index is 1.47. The van der Waals surface area contributed by atoms with Crippen LogP contribution >= 0.6 is 0 Å². The van der Waals surface area contributed by atoms with Crippen molar-refractivity contribution in [2.75, 3.05) is 13.7 Å². The summed E-state index contributed by atoms with van der Waals surface area (Å²) in [5.41, 5.74) is -0.526. The summed E-state index contributed by atoms with van der Waals surface area (Å²) in [6, 6.07) is 20.5. The molecule has 0 unspecified atom stereocenters. The van der Waals surface area contributed by atoms with Gasteiger partial charge in [-0.1, -0.05) is 48.9 Å². The highest BCUT2D eigenvalue weighted by atomic mass is 16.5. The van der Waals surface area contributed by atoms with Crippen LogP contribution in [0, 0.1) is 17.2 Å². The highest BCUT2D eigenvalue weighted by Gasteiger charge is 2.77. The van der Waals surface area contributed by atoms with Crippen molar-refractivity contribution < 1.29 is 19.7 Å². The SMILES string of the molecule is COc1cncc2c1[C@]1(O)[C@H](O)[C@H](CN3[C@@H]4CCC[C@H]3CC4)[C@@H](c3ccccc3)[C@]1(c1ccc(C#N)cc1)O2. The number of hydrogen-bond acceptors (Lipinski definition) is 7. The number of aliphatic hydroxyl groups excluding tert-OH is 1. The van der Waals surface area contributed by atoms with Crippen LogP contribution in [0.15, 0.2) is 67.0 Å². The normalized spacial score (nSPS) is 34.7. The van der Waals surface area contributed by atoms with E-state index >= 15 is 0 Å². The molecule has 1 saturated carbocycles. The van der Waals surface area contributed by atoms with Gasteiger partial charge in [0.2, 0.25) is 0 Å². The molecule has 7 atom stereocenters. The molecular weight excluding hydrogens is 490 g/mol. The Morgan fingerprint density at radius 3 is 2.44 bits per heavy atom. The van der Waals surface area contributed by atoms with E-state index in [9.17, 15) is 15.5 Å². The number of pyridine rings is 1. The van der Waals surface area contributed by atoms with Gasteiger partial charge in [0.05, 0.1) is 42.8 Å². The molecule has 0 spiro atoms. The number of rotatable bonds is 5. The minimum Gasteiger partial charge on any atom is -0.495 e. The Kier molecular flexibility index (Phi) is 5.71. The van der Waals surface area contributed by atoms with E-state index in [-0.39, 0.29) is 11.8 Å². The minimum absolute atomic E-state index is 0.319. The molecule has 0 amide bonds. The standard InChI is InChI=1S/C32H33N3O4/c1-38-26-17-34-18-27-29(26)31(37)30(36)25(19-35-23-8-5-9-24(35)15-14-23)28(21-6-3-2-4-7-21)32(31,39-27)22-12-10-20(16-33)11-13-22/h2-4,6-7,10-13,17-18,23-25,28,30,36-37H,5,8-9,14-15,19H2,1H3/t23-,24+,25-,28-,30-,31+,32+/m1/s1.